The first-order valence-electron chi connectivity index (χ1n) is 14.8. The highest BCUT2D eigenvalue weighted by molar-refractivity contribution is 5.99. The molecular formula is C34H32FN7O3. The van der Waals surface area contributed by atoms with Crippen molar-refractivity contribution in [2.75, 3.05) is 39.0 Å². The fraction of sp³-hybridized carbons (Fsp3) is 0.235. The van der Waals surface area contributed by atoms with E-state index in [4.69, 9.17) is 15.2 Å². The summed E-state index contributed by atoms with van der Waals surface area (Å²) in [4.78, 5) is 26.8. The van der Waals surface area contributed by atoms with Crippen molar-refractivity contribution in [3.63, 3.8) is 0 Å². The van der Waals surface area contributed by atoms with Gasteiger partial charge in [0.1, 0.15) is 41.2 Å². The maximum atomic E-state index is 14.4. The molecule has 1 fully saturated rings. The Morgan fingerprint density at radius 2 is 1.76 bits per heavy atom. The van der Waals surface area contributed by atoms with Gasteiger partial charge in [-0.25, -0.2) is 23.8 Å². The molecule has 0 saturated carbocycles. The lowest BCUT2D eigenvalue weighted by atomic mass is 9.94. The van der Waals surface area contributed by atoms with Crippen molar-refractivity contribution >= 4 is 27.6 Å². The molecule has 1 saturated heterocycles. The number of halogens is 1. The van der Waals surface area contributed by atoms with Crippen molar-refractivity contribution in [2.45, 2.75) is 19.5 Å². The van der Waals surface area contributed by atoms with Gasteiger partial charge < -0.3 is 20.2 Å². The number of anilines is 1. The number of piperazine rings is 1. The summed E-state index contributed by atoms with van der Waals surface area (Å²) in [5.41, 5.74) is 9.65. The summed E-state index contributed by atoms with van der Waals surface area (Å²) in [6.07, 6.45) is 1.33. The molecule has 7 rings (SSSR count). The first-order chi connectivity index (χ1) is 21.8. The monoisotopic (exact) mass is 605 g/mol. The van der Waals surface area contributed by atoms with Crippen LogP contribution < -0.4 is 11.4 Å². The molecular weight excluding hydrogens is 573 g/mol. The third-order valence-electron chi connectivity index (χ3n) is 8.50. The summed E-state index contributed by atoms with van der Waals surface area (Å²) in [5, 5.41) is 16.6. The molecule has 1 aliphatic rings. The molecule has 0 bridgehead atoms. The van der Waals surface area contributed by atoms with Crippen LogP contribution in [-0.4, -0.2) is 67.9 Å². The Kier molecular flexibility index (Phi) is 7.26. The second kappa shape index (κ2) is 11.4. The molecule has 1 unspecified atom stereocenters. The second-order valence-electron chi connectivity index (χ2n) is 11.6. The van der Waals surface area contributed by atoms with Crippen LogP contribution in [-0.2, 0) is 6.54 Å². The summed E-state index contributed by atoms with van der Waals surface area (Å²) in [7, 11) is 2.14. The van der Waals surface area contributed by atoms with Gasteiger partial charge in [0.2, 0.25) is 0 Å². The zero-order valence-corrected chi connectivity index (χ0v) is 24.9. The highest BCUT2D eigenvalue weighted by Gasteiger charge is 2.27. The molecule has 45 heavy (non-hydrogen) atoms. The lowest BCUT2D eigenvalue weighted by molar-refractivity contribution is 0.148. The van der Waals surface area contributed by atoms with E-state index in [-0.39, 0.29) is 11.6 Å². The normalized spacial score (nSPS) is 15.2. The second-order valence-corrected chi connectivity index (χ2v) is 11.6. The summed E-state index contributed by atoms with van der Waals surface area (Å²) >= 11 is 0. The SMILES string of the molecule is CC(c1oc(=O)c2ccccc2c1-c1cccc(CN2CCN(C)CC2)c1)n1nc(-c2cc(O)cc(F)c2)c2c(N)ncnc21. The number of nitrogens with zero attached hydrogens (tertiary/aromatic N) is 6. The van der Waals surface area contributed by atoms with Gasteiger partial charge in [0.25, 0.3) is 0 Å². The van der Waals surface area contributed by atoms with Crippen LogP contribution in [0, 0.1) is 5.82 Å². The Morgan fingerprint density at radius 1 is 0.978 bits per heavy atom. The molecule has 3 N–H and O–H groups in total. The van der Waals surface area contributed by atoms with Crippen LogP contribution in [0.1, 0.15) is 24.3 Å². The number of rotatable bonds is 6. The maximum absolute atomic E-state index is 14.4. The number of nitrogens with two attached hydrogens (primary N) is 1. The zero-order valence-electron chi connectivity index (χ0n) is 24.9. The van der Waals surface area contributed by atoms with Crippen LogP contribution in [0.15, 0.2) is 82.3 Å². The van der Waals surface area contributed by atoms with Gasteiger partial charge in [-0.15, -0.1) is 0 Å². The topological polar surface area (TPSA) is 127 Å². The van der Waals surface area contributed by atoms with Crippen molar-refractivity contribution < 1.29 is 13.9 Å². The van der Waals surface area contributed by atoms with Gasteiger partial charge in [-0.05, 0) is 49.4 Å². The van der Waals surface area contributed by atoms with Crippen molar-refractivity contribution in [1.82, 2.24) is 29.5 Å². The smallest absolute Gasteiger partial charge is 0.343 e. The minimum absolute atomic E-state index is 0.147. The molecule has 6 aromatic rings. The average Bonchev–Trinajstić information content (AvgIpc) is 3.43. The van der Waals surface area contributed by atoms with Crippen LogP contribution in [0.5, 0.6) is 5.75 Å². The molecule has 10 nitrogen and oxygen atoms in total. The van der Waals surface area contributed by atoms with E-state index in [1.165, 1.54) is 18.5 Å². The third-order valence-corrected chi connectivity index (χ3v) is 8.50. The van der Waals surface area contributed by atoms with E-state index in [0.29, 0.717) is 33.4 Å². The van der Waals surface area contributed by atoms with Crippen molar-refractivity contribution in [3.8, 4) is 28.1 Å². The quantitative estimate of drug-likeness (QED) is 0.268. The van der Waals surface area contributed by atoms with Crippen molar-refractivity contribution in [2.24, 2.45) is 0 Å². The highest BCUT2D eigenvalue weighted by atomic mass is 19.1. The average molecular weight is 606 g/mol. The van der Waals surface area contributed by atoms with Gasteiger partial charge in [-0.2, -0.15) is 5.10 Å². The molecule has 0 aliphatic carbocycles. The van der Waals surface area contributed by atoms with E-state index < -0.39 is 17.5 Å². The minimum atomic E-state index is -0.647. The van der Waals surface area contributed by atoms with Gasteiger partial charge in [-0.1, -0.05) is 36.4 Å². The fourth-order valence-corrected chi connectivity index (χ4v) is 6.19. The molecule has 1 aliphatic heterocycles. The van der Waals surface area contributed by atoms with Gasteiger partial charge in [0.05, 0.1) is 10.8 Å². The van der Waals surface area contributed by atoms with E-state index in [1.807, 2.05) is 37.3 Å². The van der Waals surface area contributed by atoms with Crippen LogP contribution in [0.2, 0.25) is 0 Å². The van der Waals surface area contributed by atoms with Crippen LogP contribution >= 0.6 is 0 Å². The first kappa shape index (κ1) is 28.6. The summed E-state index contributed by atoms with van der Waals surface area (Å²) in [6, 6.07) is 18.8. The van der Waals surface area contributed by atoms with E-state index >= 15 is 0 Å². The van der Waals surface area contributed by atoms with Crippen molar-refractivity contribution in [3.05, 3.63) is 101 Å². The maximum Gasteiger partial charge on any atom is 0.343 e. The number of fused-ring (bicyclic) bond motifs is 2. The number of likely N-dealkylation sites (N-methyl/N-ethyl adjacent to an activating group) is 1. The van der Waals surface area contributed by atoms with Crippen LogP contribution in [0.25, 0.3) is 44.2 Å². The number of hydrogen-bond acceptors (Lipinski definition) is 9. The molecule has 4 heterocycles. The molecule has 3 aromatic carbocycles. The number of aromatic nitrogens is 4. The van der Waals surface area contributed by atoms with Crippen LogP contribution in [0.4, 0.5) is 10.2 Å². The van der Waals surface area contributed by atoms with Crippen molar-refractivity contribution in [1.29, 1.82) is 0 Å². The van der Waals surface area contributed by atoms with Crippen LogP contribution in [0.3, 0.4) is 0 Å². The molecule has 3 aromatic heterocycles. The Bertz CT molecular complexity index is 2100. The Morgan fingerprint density at radius 3 is 2.53 bits per heavy atom. The lowest BCUT2D eigenvalue weighted by Gasteiger charge is -2.32. The highest BCUT2D eigenvalue weighted by Crippen LogP contribution is 2.39. The van der Waals surface area contributed by atoms with Gasteiger partial charge in [0, 0.05) is 55.3 Å². The largest absolute Gasteiger partial charge is 0.508 e. The predicted molar refractivity (Wildman–Crippen MR) is 171 cm³/mol. The van der Waals surface area contributed by atoms with E-state index in [9.17, 15) is 14.3 Å². The molecule has 1 atom stereocenters. The predicted octanol–water partition coefficient (Wildman–Crippen LogP) is 5.05. The van der Waals surface area contributed by atoms with Gasteiger partial charge >= 0.3 is 5.63 Å². The fourth-order valence-electron chi connectivity index (χ4n) is 6.19. The number of aromatic hydroxyl groups is 1. The summed E-state index contributed by atoms with van der Waals surface area (Å²) in [6.45, 7) is 6.72. The number of nitrogen functional groups attached to an aromatic ring is 1. The Labute approximate surface area is 258 Å². The number of benzene rings is 3. The molecule has 0 spiro atoms. The summed E-state index contributed by atoms with van der Waals surface area (Å²) < 4.78 is 22.1. The van der Waals surface area contributed by atoms with Gasteiger partial charge in [-0.3, -0.25) is 4.90 Å². The third kappa shape index (κ3) is 5.30. The minimum Gasteiger partial charge on any atom is -0.508 e. The number of phenolic OH excluding ortho intramolecular Hbond substituents is 1. The summed E-state index contributed by atoms with van der Waals surface area (Å²) in [5.74, 6) is -0.342. The standard InChI is InChI=1S/C34H32FN7O3/c1-20(42-33-29(32(36)37-19-38-33)30(39-42)23-15-24(35)17-25(43)16-23)31-28(26-8-3-4-9-27(26)34(44)45-31)22-7-5-6-21(14-22)18-41-12-10-40(2)11-13-41/h3-9,14-17,19-20,43H,10-13,18H2,1-2H3,(H2,36,37,38). The van der Waals surface area contributed by atoms with E-state index in [2.05, 4.69) is 38.9 Å². The van der Waals surface area contributed by atoms with Gasteiger partial charge in [0.15, 0.2) is 5.65 Å². The molecule has 11 heteroatoms. The lowest BCUT2D eigenvalue weighted by Crippen LogP contribution is -2.43. The van der Waals surface area contributed by atoms with E-state index in [1.54, 1.807) is 10.7 Å². The number of hydrogen-bond donors (Lipinski definition) is 2. The molecule has 0 radical (unpaired) electrons. The Hall–Kier alpha value is -5.13. The first-order valence-corrected chi connectivity index (χ1v) is 14.8. The zero-order chi connectivity index (χ0) is 31.2. The molecule has 0 amide bonds. The molecule has 228 valence electrons. The number of phenols is 1. The Balaban J connectivity index is 1.40. The van der Waals surface area contributed by atoms with E-state index in [0.717, 1.165) is 60.9 Å².